The minimum atomic E-state index is 0.399. The van der Waals surface area contributed by atoms with Gasteiger partial charge in [-0.2, -0.15) is 5.10 Å². The van der Waals surface area contributed by atoms with Crippen LogP contribution in [-0.4, -0.2) is 9.78 Å². The van der Waals surface area contributed by atoms with E-state index in [0.29, 0.717) is 17.1 Å². The zero-order valence-electron chi connectivity index (χ0n) is 10.6. The summed E-state index contributed by atoms with van der Waals surface area (Å²) in [7, 11) is 0. The fourth-order valence-corrected chi connectivity index (χ4v) is 3.44. The van der Waals surface area contributed by atoms with Crippen LogP contribution in [0.2, 0.25) is 5.15 Å². The number of alkyl halides is 1. The van der Waals surface area contributed by atoms with Crippen LogP contribution in [0.3, 0.4) is 0 Å². The van der Waals surface area contributed by atoms with Crippen molar-refractivity contribution in [2.24, 2.45) is 0 Å². The number of benzene rings is 1. The Labute approximate surface area is 123 Å². The summed E-state index contributed by atoms with van der Waals surface area (Å²) in [5.74, 6) is 0.399. The van der Waals surface area contributed by atoms with Crippen molar-refractivity contribution in [1.29, 1.82) is 0 Å². The van der Waals surface area contributed by atoms with E-state index in [0.717, 1.165) is 29.7 Å². The monoisotopic (exact) mass is 294 g/mol. The first-order chi connectivity index (χ1) is 9.31. The van der Waals surface area contributed by atoms with Gasteiger partial charge in [-0.15, -0.1) is 11.6 Å². The second kappa shape index (κ2) is 5.56. The smallest absolute Gasteiger partial charge is 0.132 e. The molecule has 1 heterocycles. The van der Waals surface area contributed by atoms with Crippen LogP contribution in [0.25, 0.3) is 11.3 Å². The summed E-state index contributed by atoms with van der Waals surface area (Å²) in [4.78, 5) is 0. The molecular formula is C15H16Cl2N2. The van der Waals surface area contributed by atoms with E-state index in [-0.39, 0.29) is 0 Å². The molecule has 0 atom stereocenters. The minimum absolute atomic E-state index is 0.399. The maximum absolute atomic E-state index is 6.48. The highest BCUT2D eigenvalue weighted by Crippen LogP contribution is 2.37. The largest absolute Gasteiger partial charge is 0.250 e. The molecule has 1 aromatic heterocycles. The molecule has 100 valence electrons. The molecule has 4 heteroatoms. The Hall–Kier alpha value is -0.990. The summed E-state index contributed by atoms with van der Waals surface area (Å²) in [6.45, 7) is 0. The van der Waals surface area contributed by atoms with Crippen molar-refractivity contribution in [1.82, 2.24) is 9.78 Å². The van der Waals surface area contributed by atoms with Crippen LogP contribution < -0.4 is 0 Å². The zero-order valence-corrected chi connectivity index (χ0v) is 12.2. The third kappa shape index (κ3) is 2.39. The topological polar surface area (TPSA) is 17.8 Å². The molecule has 0 saturated heterocycles. The van der Waals surface area contributed by atoms with E-state index in [1.165, 1.54) is 12.8 Å². The van der Waals surface area contributed by atoms with Gasteiger partial charge in [-0.25, -0.2) is 0 Å². The van der Waals surface area contributed by atoms with Crippen LogP contribution in [0.5, 0.6) is 0 Å². The molecule has 3 rings (SSSR count). The van der Waals surface area contributed by atoms with Gasteiger partial charge >= 0.3 is 0 Å². The van der Waals surface area contributed by atoms with Crippen molar-refractivity contribution < 1.29 is 0 Å². The normalized spacial score (nSPS) is 16.1. The Morgan fingerprint density at radius 1 is 1.16 bits per heavy atom. The molecule has 0 unspecified atom stereocenters. The molecule has 19 heavy (non-hydrogen) atoms. The number of rotatable bonds is 3. The van der Waals surface area contributed by atoms with Gasteiger partial charge < -0.3 is 0 Å². The third-order valence-corrected chi connectivity index (χ3v) is 4.46. The van der Waals surface area contributed by atoms with E-state index >= 15 is 0 Å². The molecule has 1 aliphatic carbocycles. The third-order valence-electron chi connectivity index (χ3n) is 3.80. The molecule has 2 aromatic rings. The lowest BCUT2D eigenvalue weighted by Gasteiger charge is -2.10. The molecule has 0 bridgehead atoms. The molecule has 1 aromatic carbocycles. The first kappa shape index (κ1) is 13.0. The van der Waals surface area contributed by atoms with Crippen LogP contribution in [-0.2, 0) is 5.88 Å². The van der Waals surface area contributed by atoms with Crippen LogP contribution >= 0.6 is 23.2 Å². The average molecular weight is 295 g/mol. The first-order valence-corrected chi connectivity index (χ1v) is 7.60. The highest BCUT2D eigenvalue weighted by molar-refractivity contribution is 6.31. The maximum atomic E-state index is 6.48. The van der Waals surface area contributed by atoms with Crippen molar-refractivity contribution in [3.8, 4) is 11.3 Å². The first-order valence-electron chi connectivity index (χ1n) is 6.69. The van der Waals surface area contributed by atoms with Crippen molar-refractivity contribution >= 4 is 23.2 Å². The molecule has 0 aliphatic heterocycles. The summed E-state index contributed by atoms with van der Waals surface area (Å²) in [6.07, 6.45) is 4.85. The highest BCUT2D eigenvalue weighted by atomic mass is 35.5. The number of halogens is 2. The van der Waals surface area contributed by atoms with Gasteiger partial charge in [0.05, 0.1) is 17.6 Å². The van der Waals surface area contributed by atoms with Gasteiger partial charge in [-0.05, 0) is 12.8 Å². The molecule has 0 N–H and O–H groups in total. The van der Waals surface area contributed by atoms with Gasteiger partial charge in [0.1, 0.15) is 5.15 Å². The highest BCUT2D eigenvalue weighted by Gasteiger charge is 2.24. The van der Waals surface area contributed by atoms with Gasteiger partial charge in [0.2, 0.25) is 0 Å². The Morgan fingerprint density at radius 2 is 1.84 bits per heavy atom. The number of hydrogen-bond donors (Lipinski definition) is 0. The lowest BCUT2D eigenvalue weighted by atomic mass is 10.1. The van der Waals surface area contributed by atoms with Crippen LogP contribution in [0.1, 0.15) is 37.3 Å². The van der Waals surface area contributed by atoms with E-state index in [1.54, 1.807) is 0 Å². The van der Waals surface area contributed by atoms with Crippen molar-refractivity contribution in [3.63, 3.8) is 0 Å². The zero-order chi connectivity index (χ0) is 13.2. The Bertz CT molecular complexity index is 557. The predicted molar refractivity (Wildman–Crippen MR) is 79.7 cm³/mol. The van der Waals surface area contributed by atoms with Gasteiger partial charge in [-0.1, -0.05) is 54.8 Å². The SMILES string of the molecule is ClCc1c(-c2ccccc2)nn(C2CCCC2)c1Cl. The minimum Gasteiger partial charge on any atom is -0.250 e. The molecule has 1 fully saturated rings. The second-order valence-corrected chi connectivity index (χ2v) is 5.63. The van der Waals surface area contributed by atoms with E-state index in [2.05, 4.69) is 0 Å². The second-order valence-electron chi connectivity index (χ2n) is 5.00. The summed E-state index contributed by atoms with van der Waals surface area (Å²) in [5, 5.41) is 5.44. The Kier molecular flexibility index (Phi) is 3.81. The molecule has 0 amide bonds. The van der Waals surface area contributed by atoms with Gasteiger partial charge in [-0.3, -0.25) is 4.68 Å². The average Bonchev–Trinajstić information content (AvgIpc) is 3.07. The summed E-state index contributed by atoms with van der Waals surface area (Å²) in [6, 6.07) is 10.6. The number of hydrogen-bond acceptors (Lipinski definition) is 1. The maximum Gasteiger partial charge on any atom is 0.132 e. The van der Waals surface area contributed by atoms with Crippen LogP contribution in [0, 0.1) is 0 Å². The van der Waals surface area contributed by atoms with E-state index in [4.69, 9.17) is 28.3 Å². The lowest BCUT2D eigenvalue weighted by molar-refractivity contribution is 0.468. The summed E-state index contributed by atoms with van der Waals surface area (Å²) in [5.41, 5.74) is 2.95. The molecule has 1 aliphatic rings. The molecule has 0 radical (unpaired) electrons. The fraction of sp³-hybridized carbons (Fsp3) is 0.400. The molecule has 0 spiro atoms. The van der Waals surface area contributed by atoms with Crippen molar-refractivity contribution in [3.05, 3.63) is 41.0 Å². The lowest BCUT2D eigenvalue weighted by Crippen LogP contribution is -2.06. The fourth-order valence-electron chi connectivity index (χ4n) is 2.79. The van der Waals surface area contributed by atoms with Crippen LogP contribution in [0.4, 0.5) is 0 Å². The molecule has 2 nitrogen and oxygen atoms in total. The van der Waals surface area contributed by atoms with E-state index in [9.17, 15) is 0 Å². The van der Waals surface area contributed by atoms with Gasteiger partial charge in [0, 0.05) is 11.1 Å². The van der Waals surface area contributed by atoms with E-state index in [1.807, 2.05) is 35.0 Å². The number of aromatic nitrogens is 2. The quantitative estimate of drug-likeness (QED) is 0.724. The summed E-state index contributed by atoms with van der Waals surface area (Å²) < 4.78 is 1.98. The predicted octanol–water partition coefficient (Wildman–Crippen LogP) is 5.06. The molecular weight excluding hydrogens is 279 g/mol. The summed E-state index contributed by atoms with van der Waals surface area (Å²) >= 11 is 12.5. The molecule has 1 saturated carbocycles. The van der Waals surface area contributed by atoms with Crippen LogP contribution in [0.15, 0.2) is 30.3 Å². The standard InChI is InChI=1S/C15H16Cl2N2/c16-10-13-14(11-6-2-1-3-7-11)18-19(15(13)17)12-8-4-5-9-12/h1-3,6-7,12H,4-5,8-10H2. The van der Waals surface area contributed by atoms with Gasteiger partial charge in [0.25, 0.3) is 0 Å². The Balaban J connectivity index is 2.07. The van der Waals surface area contributed by atoms with E-state index < -0.39 is 0 Å². The number of nitrogens with zero attached hydrogens (tertiary/aromatic N) is 2. The van der Waals surface area contributed by atoms with Gasteiger partial charge in [0.15, 0.2) is 0 Å². The van der Waals surface area contributed by atoms with Crippen molar-refractivity contribution in [2.45, 2.75) is 37.6 Å². The van der Waals surface area contributed by atoms with Crippen molar-refractivity contribution in [2.75, 3.05) is 0 Å². The Morgan fingerprint density at radius 3 is 2.47 bits per heavy atom.